The number of carbonyl (C=O) groups is 2. The summed E-state index contributed by atoms with van der Waals surface area (Å²) in [6.45, 7) is -0.0607. The maximum absolute atomic E-state index is 11.9. The number of ketones is 1. The van der Waals surface area contributed by atoms with Crippen LogP contribution >= 0.6 is 15.9 Å². The molecule has 0 aliphatic carbocycles. The van der Waals surface area contributed by atoms with E-state index in [0.717, 1.165) is 4.47 Å². The van der Waals surface area contributed by atoms with E-state index in [1.165, 1.54) is 0 Å². The van der Waals surface area contributed by atoms with E-state index < -0.39 is 0 Å². The van der Waals surface area contributed by atoms with Crippen molar-refractivity contribution >= 4 is 33.3 Å². The van der Waals surface area contributed by atoms with Gasteiger partial charge in [-0.1, -0.05) is 40.2 Å². The third kappa shape index (κ3) is 3.45. The molecule has 0 unspecified atom stereocenters. The average molecular weight is 333 g/mol. The second kappa shape index (κ2) is 6.34. The Morgan fingerprint density at radius 1 is 1.05 bits per heavy atom. The fourth-order valence-corrected chi connectivity index (χ4v) is 1.96. The van der Waals surface area contributed by atoms with Crippen molar-refractivity contribution in [3.05, 3.63) is 64.1 Å². The van der Waals surface area contributed by atoms with Gasteiger partial charge in [0.25, 0.3) is 5.91 Å². The number of anilines is 1. The summed E-state index contributed by atoms with van der Waals surface area (Å²) < 4.78 is 0.898. The fraction of sp³-hybridized carbons (Fsp3) is 0.0667. The number of nitrogens with two attached hydrogens (primary N) is 1. The van der Waals surface area contributed by atoms with Crippen molar-refractivity contribution in [3.8, 4) is 0 Å². The molecule has 0 saturated heterocycles. The van der Waals surface area contributed by atoms with Crippen LogP contribution in [0.5, 0.6) is 0 Å². The zero-order chi connectivity index (χ0) is 14.5. The summed E-state index contributed by atoms with van der Waals surface area (Å²) in [4.78, 5) is 23.8. The molecule has 2 aromatic carbocycles. The highest BCUT2D eigenvalue weighted by Crippen LogP contribution is 2.12. The van der Waals surface area contributed by atoms with Crippen molar-refractivity contribution in [2.75, 3.05) is 12.3 Å². The summed E-state index contributed by atoms with van der Waals surface area (Å²) in [5.74, 6) is -0.506. The third-order valence-electron chi connectivity index (χ3n) is 2.78. The molecule has 1 amide bonds. The molecule has 3 N–H and O–H groups in total. The number of halogens is 1. The lowest BCUT2D eigenvalue weighted by atomic mass is 10.1. The first-order valence-corrected chi connectivity index (χ1v) is 6.78. The van der Waals surface area contributed by atoms with Crippen molar-refractivity contribution in [3.63, 3.8) is 0 Å². The van der Waals surface area contributed by atoms with Gasteiger partial charge in [0, 0.05) is 15.7 Å². The molecule has 20 heavy (non-hydrogen) atoms. The van der Waals surface area contributed by atoms with Crippen LogP contribution in [0.2, 0.25) is 0 Å². The van der Waals surface area contributed by atoms with E-state index in [0.29, 0.717) is 16.8 Å². The van der Waals surface area contributed by atoms with Crippen molar-refractivity contribution in [2.45, 2.75) is 0 Å². The number of rotatable bonds is 4. The Bertz CT molecular complexity index is 639. The van der Waals surface area contributed by atoms with Crippen LogP contribution in [-0.4, -0.2) is 18.2 Å². The predicted molar refractivity (Wildman–Crippen MR) is 81.7 cm³/mol. The van der Waals surface area contributed by atoms with Crippen LogP contribution in [0.4, 0.5) is 5.69 Å². The summed E-state index contributed by atoms with van der Waals surface area (Å²) in [5, 5.41) is 2.57. The second-order valence-corrected chi connectivity index (χ2v) is 5.12. The summed E-state index contributed by atoms with van der Waals surface area (Å²) in [6, 6.07) is 13.7. The molecule has 0 saturated carbocycles. The molecule has 0 fully saturated rings. The van der Waals surface area contributed by atoms with Crippen LogP contribution in [0.25, 0.3) is 0 Å². The first kappa shape index (κ1) is 14.3. The van der Waals surface area contributed by atoms with Gasteiger partial charge in [0.05, 0.1) is 12.1 Å². The van der Waals surface area contributed by atoms with Crippen LogP contribution < -0.4 is 11.1 Å². The van der Waals surface area contributed by atoms with E-state index >= 15 is 0 Å². The number of nitrogen functional groups attached to an aromatic ring is 1. The van der Waals surface area contributed by atoms with Crippen molar-refractivity contribution in [1.29, 1.82) is 0 Å². The summed E-state index contributed by atoms with van der Waals surface area (Å²) in [7, 11) is 0. The molecule has 4 nitrogen and oxygen atoms in total. The Morgan fingerprint density at radius 3 is 2.35 bits per heavy atom. The van der Waals surface area contributed by atoms with E-state index in [1.54, 1.807) is 48.5 Å². The third-order valence-corrected chi connectivity index (χ3v) is 3.31. The van der Waals surface area contributed by atoms with E-state index in [-0.39, 0.29) is 18.2 Å². The largest absolute Gasteiger partial charge is 0.398 e. The SMILES string of the molecule is Nc1ccccc1C(=O)NCC(=O)c1ccc(Br)cc1. The number of Topliss-reactive ketones (excluding diaryl/α,β-unsaturated/α-hetero) is 1. The Morgan fingerprint density at radius 2 is 1.70 bits per heavy atom. The average Bonchev–Trinajstić information content (AvgIpc) is 2.45. The fourth-order valence-electron chi connectivity index (χ4n) is 1.70. The molecule has 2 rings (SSSR count). The first-order chi connectivity index (χ1) is 9.58. The van der Waals surface area contributed by atoms with Gasteiger partial charge in [-0.3, -0.25) is 9.59 Å². The molecular formula is C15H13BrN2O2. The van der Waals surface area contributed by atoms with Crippen molar-refractivity contribution < 1.29 is 9.59 Å². The molecule has 0 aliphatic rings. The van der Waals surface area contributed by atoms with E-state index in [4.69, 9.17) is 5.73 Å². The summed E-state index contributed by atoms with van der Waals surface area (Å²) in [5.41, 5.74) is 7.02. The first-order valence-electron chi connectivity index (χ1n) is 5.99. The maximum Gasteiger partial charge on any atom is 0.253 e. The van der Waals surface area contributed by atoms with Crippen LogP contribution in [0.15, 0.2) is 53.0 Å². The molecule has 0 aliphatic heterocycles. The molecule has 0 heterocycles. The number of hydrogen-bond acceptors (Lipinski definition) is 3. The lowest BCUT2D eigenvalue weighted by Gasteiger charge is -2.07. The monoisotopic (exact) mass is 332 g/mol. The second-order valence-electron chi connectivity index (χ2n) is 4.20. The normalized spacial score (nSPS) is 10.1. The highest BCUT2D eigenvalue weighted by Gasteiger charge is 2.11. The minimum absolute atomic E-state index is 0.0607. The summed E-state index contributed by atoms with van der Waals surface area (Å²) >= 11 is 3.30. The molecule has 0 aromatic heterocycles. The molecule has 5 heteroatoms. The topological polar surface area (TPSA) is 72.2 Å². The molecule has 0 atom stereocenters. The number of carbonyl (C=O) groups excluding carboxylic acids is 2. The number of para-hydroxylation sites is 1. The maximum atomic E-state index is 11.9. The van der Waals surface area contributed by atoms with Gasteiger partial charge in [0.15, 0.2) is 5.78 Å². The number of nitrogens with one attached hydrogen (secondary N) is 1. The minimum Gasteiger partial charge on any atom is -0.398 e. The van der Waals surface area contributed by atoms with Gasteiger partial charge in [0.2, 0.25) is 0 Å². The molecule has 0 bridgehead atoms. The molecular weight excluding hydrogens is 320 g/mol. The van der Waals surface area contributed by atoms with Crippen LogP contribution in [0.3, 0.4) is 0 Å². The Kier molecular flexibility index (Phi) is 4.53. The smallest absolute Gasteiger partial charge is 0.253 e. The van der Waals surface area contributed by atoms with Crippen LogP contribution in [-0.2, 0) is 0 Å². The van der Waals surface area contributed by atoms with E-state index in [2.05, 4.69) is 21.2 Å². The van der Waals surface area contributed by atoms with Crippen molar-refractivity contribution in [1.82, 2.24) is 5.32 Å². The van der Waals surface area contributed by atoms with Crippen molar-refractivity contribution in [2.24, 2.45) is 0 Å². The highest BCUT2D eigenvalue weighted by atomic mass is 79.9. The molecule has 2 aromatic rings. The molecule has 0 radical (unpaired) electrons. The van der Waals surface area contributed by atoms with Crippen LogP contribution in [0, 0.1) is 0 Å². The molecule has 0 spiro atoms. The van der Waals surface area contributed by atoms with Gasteiger partial charge >= 0.3 is 0 Å². The summed E-state index contributed by atoms with van der Waals surface area (Å²) in [6.07, 6.45) is 0. The lowest BCUT2D eigenvalue weighted by Crippen LogP contribution is -2.30. The van der Waals surface area contributed by atoms with E-state index in [1.807, 2.05) is 0 Å². The van der Waals surface area contributed by atoms with Crippen LogP contribution in [0.1, 0.15) is 20.7 Å². The highest BCUT2D eigenvalue weighted by molar-refractivity contribution is 9.10. The standard InChI is InChI=1S/C15H13BrN2O2/c16-11-7-5-10(6-8-11)14(19)9-18-15(20)12-3-1-2-4-13(12)17/h1-8H,9,17H2,(H,18,20). The minimum atomic E-state index is -0.353. The number of amides is 1. The van der Waals surface area contributed by atoms with Gasteiger partial charge in [-0.05, 0) is 24.3 Å². The van der Waals surface area contributed by atoms with Gasteiger partial charge < -0.3 is 11.1 Å². The van der Waals surface area contributed by atoms with Gasteiger partial charge in [-0.15, -0.1) is 0 Å². The Balaban J connectivity index is 1.99. The number of benzene rings is 2. The zero-order valence-electron chi connectivity index (χ0n) is 10.6. The quantitative estimate of drug-likeness (QED) is 0.667. The predicted octanol–water partition coefficient (Wildman–Crippen LogP) is 2.64. The van der Waals surface area contributed by atoms with Gasteiger partial charge in [-0.2, -0.15) is 0 Å². The van der Waals surface area contributed by atoms with E-state index in [9.17, 15) is 9.59 Å². The van der Waals surface area contributed by atoms with Gasteiger partial charge in [-0.25, -0.2) is 0 Å². The lowest BCUT2D eigenvalue weighted by molar-refractivity contribution is 0.0904. The number of hydrogen-bond donors (Lipinski definition) is 2. The Hall–Kier alpha value is -2.14. The molecule has 102 valence electrons. The van der Waals surface area contributed by atoms with Gasteiger partial charge in [0.1, 0.15) is 0 Å². The zero-order valence-corrected chi connectivity index (χ0v) is 12.2. The Labute approximate surface area is 125 Å².